The molecular weight excluding hydrogens is 192 g/mol. The molecule has 1 aromatic carbocycles. The average molecular weight is 206 g/mol. The Bertz CT molecular complexity index is 404. The molecular formula is C11H14N2O2. The second-order valence-corrected chi connectivity index (χ2v) is 3.90. The van der Waals surface area contributed by atoms with Crippen molar-refractivity contribution in [3.05, 3.63) is 23.8 Å². The van der Waals surface area contributed by atoms with E-state index in [-0.39, 0.29) is 6.04 Å². The van der Waals surface area contributed by atoms with Crippen molar-refractivity contribution >= 4 is 17.3 Å². The zero-order valence-corrected chi connectivity index (χ0v) is 8.74. The van der Waals surface area contributed by atoms with E-state index in [0.29, 0.717) is 17.3 Å². The topological polar surface area (TPSA) is 61.4 Å². The molecule has 1 aliphatic heterocycles. The molecule has 0 spiro atoms. The number of carbonyl (C=O) groups is 1. The molecule has 0 bridgehead atoms. The van der Waals surface area contributed by atoms with Crippen molar-refractivity contribution in [3.63, 3.8) is 0 Å². The van der Waals surface area contributed by atoms with Crippen molar-refractivity contribution in [2.24, 2.45) is 0 Å². The second-order valence-electron chi connectivity index (χ2n) is 3.90. The molecule has 0 fully saturated rings. The van der Waals surface area contributed by atoms with E-state index in [0.717, 1.165) is 5.69 Å². The molecule has 80 valence electrons. The number of hydrogen-bond donors (Lipinski definition) is 3. The highest BCUT2D eigenvalue weighted by Crippen LogP contribution is 2.31. The molecule has 0 saturated heterocycles. The van der Waals surface area contributed by atoms with E-state index in [4.69, 9.17) is 5.11 Å². The van der Waals surface area contributed by atoms with Gasteiger partial charge < -0.3 is 15.7 Å². The molecule has 4 nitrogen and oxygen atoms in total. The van der Waals surface area contributed by atoms with E-state index in [1.54, 1.807) is 12.1 Å². The van der Waals surface area contributed by atoms with Gasteiger partial charge in [-0.3, -0.25) is 0 Å². The standard InChI is InChI=1S/C11H14N2O2/c1-6-7(2)13-10-8(11(14)15)4-3-5-9(10)12-6/h3-7,12-13H,1-2H3,(H,14,15)/t6-,7+/m0/s1. The Morgan fingerprint density at radius 3 is 2.60 bits per heavy atom. The Morgan fingerprint density at radius 1 is 1.27 bits per heavy atom. The van der Waals surface area contributed by atoms with Crippen molar-refractivity contribution < 1.29 is 9.90 Å². The molecule has 15 heavy (non-hydrogen) atoms. The van der Waals surface area contributed by atoms with Crippen LogP contribution in [-0.4, -0.2) is 23.2 Å². The van der Waals surface area contributed by atoms with Crippen LogP contribution in [0.5, 0.6) is 0 Å². The van der Waals surface area contributed by atoms with Crippen molar-refractivity contribution in [1.29, 1.82) is 0 Å². The van der Waals surface area contributed by atoms with Gasteiger partial charge in [-0.1, -0.05) is 6.07 Å². The number of nitrogens with one attached hydrogen (secondary N) is 2. The fraction of sp³-hybridized carbons (Fsp3) is 0.364. The van der Waals surface area contributed by atoms with Crippen LogP contribution in [0.25, 0.3) is 0 Å². The van der Waals surface area contributed by atoms with E-state index < -0.39 is 5.97 Å². The zero-order valence-electron chi connectivity index (χ0n) is 8.74. The maximum absolute atomic E-state index is 11.0. The van der Waals surface area contributed by atoms with Gasteiger partial charge in [-0.25, -0.2) is 4.79 Å². The van der Waals surface area contributed by atoms with Gasteiger partial charge in [-0.2, -0.15) is 0 Å². The number of fused-ring (bicyclic) bond motifs is 1. The predicted molar refractivity (Wildman–Crippen MR) is 59.6 cm³/mol. The first-order valence-electron chi connectivity index (χ1n) is 4.99. The highest BCUT2D eigenvalue weighted by atomic mass is 16.4. The number of rotatable bonds is 1. The Balaban J connectivity index is 2.48. The largest absolute Gasteiger partial charge is 0.478 e. The number of para-hydroxylation sites is 1. The lowest BCUT2D eigenvalue weighted by Gasteiger charge is -2.32. The third kappa shape index (κ3) is 1.63. The fourth-order valence-corrected chi connectivity index (χ4v) is 1.73. The van der Waals surface area contributed by atoms with Crippen LogP contribution in [-0.2, 0) is 0 Å². The van der Waals surface area contributed by atoms with Crippen molar-refractivity contribution in [3.8, 4) is 0 Å². The lowest BCUT2D eigenvalue weighted by molar-refractivity contribution is 0.0698. The van der Waals surface area contributed by atoms with Gasteiger partial charge in [0, 0.05) is 12.1 Å². The summed E-state index contributed by atoms with van der Waals surface area (Å²) in [6.45, 7) is 4.09. The van der Waals surface area contributed by atoms with Crippen LogP contribution < -0.4 is 10.6 Å². The van der Waals surface area contributed by atoms with Crippen LogP contribution in [0.15, 0.2) is 18.2 Å². The van der Waals surface area contributed by atoms with Gasteiger partial charge in [0.05, 0.1) is 16.9 Å². The molecule has 1 aromatic rings. The van der Waals surface area contributed by atoms with Gasteiger partial charge in [-0.05, 0) is 26.0 Å². The van der Waals surface area contributed by atoms with Gasteiger partial charge in [0.1, 0.15) is 0 Å². The van der Waals surface area contributed by atoms with Crippen LogP contribution >= 0.6 is 0 Å². The van der Waals surface area contributed by atoms with E-state index in [1.165, 1.54) is 0 Å². The molecule has 4 heteroatoms. The van der Waals surface area contributed by atoms with Gasteiger partial charge >= 0.3 is 5.97 Å². The Hall–Kier alpha value is -1.71. The molecule has 1 aliphatic rings. The lowest BCUT2D eigenvalue weighted by Crippen LogP contribution is -2.39. The first kappa shape index (κ1) is 9.83. The van der Waals surface area contributed by atoms with Crippen LogP contribution in [0.2, 0.25) is 0 Å². The van der Waals surface area contributed by atoms with Gasteiger partial charge in [0.25, 0.3) is 0 Å². The molecule has 0 saturated carbocycles. The van der Waals surface area contributed by atoms with Crippen LogP contribution in [0.3, 0.4) is 0 Å². The number of anilines is 2. The number of aromatic carboxylic acids is 1. The summed E-state index contributed by atoms with van der Waals surface area (Å²) in [6, 6.07) is 5.76. The number of carboxylic acids is 1. The lowest BCUT2D eigenvalue weighted by atomic mass is 10.0. The second kappa shape index (κ2) is 3.46. The predicted octanol–water partition coefficient (Wildman–Crippen LogP) is 2.00. The maximum Gasteiger partial charge on any atom is 0.337 e. The van der Waals surface area contributed by atoms with Crippen molar-refractivity contribution in [2.45, 2.75) is 25.9 Å². The minimum Gasteiger partial charge on any atom is -0.478 e. The van der Waals surface area contributed by atoms with E-state index in [2.05, 4.69) is 17.6 Å². The molecule has 2 atom stereocenters. The minimum atomic E-state index is -0.900. The fourth-order valence-electron chi connectivity index (χ4n) is 1.73. The zero-order chi connectivity index (χ0) is 11.0. The van der Waals surface area contributed by atoms with Crippen LogP contribution in [0.1, 0.15) is 24.2 Å². The summed E-state index contributed by atoms with van der Waals surface area (Å²) in [7, 11) is 0. The maximum atomic E-state index is 11.0. The highest BCUT2D eigenvalue weighted by molar-refractivity contribution is 5.98. The summed E-state index contributed by atoms with van der Waals surface area (Å²) in [5.41, 5.74) is 1.87. The molecule has 0 unspecified atom stereocenters. The number of hydrogen-bond acceptors (Lipinski definition) is 3. The van der Waals surface area contributed by atoms with Gasteiger partial charge in [0.2, 0.25) is 0 Å². The van der Waals surface area contributed by atoms with E-state index >= 15 is 0 Å². The minimum absolute atomic E-state index is 0.220. The monoisotopic (exact) mass is 206 g/mol. The molecule has 0 amide bonds. The Labute approximate surface area is 88.3 Å². The third-order valence-electron chi connectivity index (χ3n) is 2.80. The SMILES string of the molecule is C[C@@H]1Nc2cccc(C(=O)O)c2N[C@@H]1C. The quantitative estimate of drug-likeness (QED) is 0.657. The molecule has 2 rings (SSSR count). The summed E-state index contributed by atoms with van der Waals surface area (Å²) >= 11 is 0. The first-order valence-corrected chi connectivity index (χ1v) is 4.99. The molecule has 0 aliphatic carbocycles. The third-order valence-corrected chi connectivity index (χ3v) is 2.80. The Kier molecular flexibility index (Phi) is 2.26. The highest BCUT2D eigenvalue weighted by Gasteiger charge is 2.23. The van der Waals surface area contributed by atoms with Crippen LogP contribution in [0.4, 0.5) is 11.4 Å². The molecule has 0 radical (unpaired) electrons. The summed E-state index contributed by atoms with van der Waals surface area (Å²) in [5, 5.41) is 15.5. The molecule has 0 aromatic heterocycles. The number of carboxylic acid groups (broad SMARTS) is 1. The summed E-state index contributed by atoms with van der Waals surface area (Å²) in [4.78, 5) is 11.0. The summed E-state index contributed by atoms with van der Waals surface area (Å²) < 4.78 is 0. The summed E-state index contributed by atoms with van der Waals surface area (Å²) in [5.74, 6) is -0.900. The normalized spacial score (nSPS) is 23.6. The van der Waals surface area contributed by atoms with E-state index in [9.17, 15) is 4.79 Å². The van der Waals surface area contributed by atoms with Crippen molar-refractivity contribution in [2.75, 3.05) is 10.6 Å². The first-order chi connectivity index (χ1) is 7.09. The Morgan fingerprint density at radius 2 is 1.93 bits per heavy atom. The van der Waals surface area contributed by atoms with Gasteiger partial charge in [-0.15, -0.1) is 0 Å². The average Bonchev–Trinajstić information content (AvgIpc) is 2.18. The summed E-state index contributed by atoms with van der Waals surface area (Å²) in [6.07, 6.45) is 0. The molecule has 1 heterocycles. The number of benzene rings is 1. The smallest absolute Gasteiger partial charge is 0.337 e. The van der Waals surface area contributed by atoms with Crippen LogP contribution in [0, 0.1) is 0 Å². The van der Waals surface area contributed by atoms with E-state index in [1.807, 2.05) is 13.0 Å². The molecule has 3 N–H and O–H groups in total. The van der Waals surface area contributed by atoms with Gasteiger partial charge in [0.15, 0.2) is 0 Å². The van der Waals surface area contributed by atoms with Crippen molar-refractivity contribution in [1.82, 2.24) is 0 Å².